The molecular weight excluding hydrogens is 583 g/mol. The Kier molecular flexibility index (Phi) is 7.00. The van der Waals surface area contributed by atoms with Gasteiger partial charge in [-0.2, -0.15) is 8.42 Å². The number of anilines is 1. The predicted molar refractivity (Wildman–Crippen MR) is 134 cm³/mol. The molecule has 4 rings (SSSR count). The van der Waals surface area contributed by atoms with Gasteiger partial charge in [0.15, 0.2) is 5.75 Å². The van der Waals surface area contributed by atoms with E-state index in [0.29, 0.717) is 5.56 Å². The first-order chi connectivity index (χ1) is 16.6. The average Bonchev–Trinajstić information content (AvgIpc) is 2.81. The summed E-state index contributed by atoms with van der Waals surface area (Å²) in [5.74, 6) is -1.76. The van der Waals surface area contributed by atoms with Crippen LogP contribution >= 0.6 is 39.1 Å². The SMILES string of the molecule is O=C1NC(=O)N(c2ccc(Cl)c(Cl)c2)C(=O)/C1=C/c1ccc(OS(=O)(=O)c2ccccc2)c(Br)c1. The average molecular weight is 596 g/mol. The lowest BCUT2D eigenvalue weighted by Gasteiger charge is -2.26. The van der Waals surface area contributed by atoms with Crippen molar-refractivity contribution in [2.75, 3.05) is 4.90 Å². The van der Waals surface area contributed by atoms with Crippen LogP contribution in [0.4, 0.5) is 10.5 Å². The van der Waals surface area contributed by atoms with Gasteiger partial charge in [-0.25, -0.2) is 9.69 Å². The van der Waals surface area contributed by atoms with Crippen molar-refractivity contribution in [3.05, 3.63) is 92.4 Å². The fourth-order valence-electron chi connectivity index (χ4n) is 3.11. The van der Waals surface area contributed by atoms with Crippen LogP contribution in [-0.2, 0) is 19.7 Å². The minimum absolute atomic E-state index is 0.00281. The summed E-state index contributed by atoms with van der Waals surface area (Å²) in [5, 5.41) is 2.46. The highest BCUT2D eigenvalue weighted by atomic mass is 79.9. The minimum Gasteiger partial charge on any atom is -0.378 e. The van der Waals surface area contributed by atoms with Crippen molar-refractivity contribution < 1.29 is 27.0 Å². The molecule has 0 aromatic heterocycles. The Labute approximate surface area is 218 Å². The molecule has 0 spiro atoms. The fourth-order valence-corrected chi connectivity index (χ4v) is 4.96. The number of benzene rings is 3. The van der Waals surface area contributed by atoms with Crippen molar-refractivity contribution in [2.24, 2.45) is 0 Å². The van der Waals surface area contributed by atoms with Crippen LogP contribution in [0.5, 0.6) is 5.75 Å². The molecule has 0 aliphatic carbocycles. The van der Waals surface area contributed by atoms with Crippen LogP contribution in [0.3, 0.4) is 0 Å². The molecule has 12 heteroatoms. The second-order valence-corrected chi connectivity index (χ2v) is 10.3. The van der Waals surface area contributed by atoms with E-state index in [0.717, 1.165) is 4.90 Å². The third-order valence-corrected chi connectivity index (χ3v) is 7.37. The molecule has 3 aromatic rings. The number of halogens is 3. The first kappa shape index (κ1) is 24.9. The molecule has 3 aromatic carbocycles. The molecule has 0 saturated carbocycles. The van der Waals surface area contributed by atoms with Gasteiger partial charge in [0.1, 0.15) is 10.5 Å². The molecule has 1 aliphatic heterocycles. The monoisotopic (exact) mass is 594 g/mol. The normalized spacial score (nSPS) is 15.3. The van der Waals surface area contributed by atoms with Gasteiger partial charge in [-0.05, 0) is 70.0 Å². The number of hydrogen-bond acceptors (Lipinski definition) is 6. The molecule has 178 valence electrons. The number of amides is 4. The first-order valence-corrected chi connectivity index (χ1v) is 12.7. The molecule has 35 heavy (non-hydrogen) atoms. The van der Waals surface area contributed by atoms with Gasteiger partial charge in [-0.15, -0.1) is 0 Å². The van der Waals surface area contributed by atoms with Crippen LogP contribution in [0, 0.1) is 0 Å². The van der Waals surface area contributed by atoms with Gasteiger partial charge in [-0.1, -0.05) is 47.5 Å². The molecule has 8 nitrogen and oxygen atoms in total. The standard InChI is InChI=1S/C23H13BrCl2N2O6S/c24-17-11-13(6-9-20(17)34-35(32,33)15-4-2-1-3-5-15)10-16-21(29)27-23(31)28(22(16)30)14-7-8-18(25)19(26)12-14/h1-12H,(H,27,29,31)/b16-10+. The zero-order chi connectivity index (χ0) is 25.3. The molecule has 0 radical (unpaired) electrons. The number of hydrogen-bond donors (Lipinski definition) is 1. The molecule has 0 atom stereocenters. The van der Waals surface area contributed by atoms with Crippen molar-refractivity contribution >= 4 is 78.9 Å². The number of barbiturate groups is 1. The molecule has 0 bridgehead atoms. The summed E-state index contributed by atoms with van der Waals surface area (Å²) < 4.78 is 30.4. The van der Waals surface area contributed by atoms with Crippen LogP contribution in [0.15, 0.2) is 81.7 Å². The Hall–Kier alpha value is -3.18. The van der Waals surface area contributed by atoms with Gasteiger partial charge in [-0.3, -0.25) is 14.9 Å². The Morgan fingerprint density at radius 2 is 1.63 bits per heavy atom. The lowest BCUT2D eigenvalue weighted by atomic mass is 10.1. The zero-order valence-electron chi connectivity index (χ0n) is 17.4. The number of nitrogens with one attached hydrogen (secondary N) is 1. The number of rotatable bonds is 5. The van der Waals surface area contributed by atoms with Gasteiger partial charge < -0.3 is 4.18 Å². The van der Waals surface area contributed by atoms with Crippen LogP contribution < -0.4 is 14.4 Å². The third kappa shape index (κ3) is 5.25. The maximum Gasteiger partial charge on any atom is 0.339 e. The maximum absolute atomic E-state index is 13.0. The summed E-state index contributed by atoms with van der Waals surface area (Å²) in [6, 6.07) is 15.1. The van der Waals surface area contributed by atoms with E-state index in [1.807, 2.05) is 0 Å². The lowest BCUT2D eigenvalue weighted by molar-refractivity contribution is -0.122. The molecule has 1 aliphatic rings. The van der Waals surface area contributed by atoms with E-state index in [4.69, 9.17) is 27.4 Å². The molecule has 4 amide bonds. The summed E-state index contributed by atoms with van der Waals surface area (Å²) in [4.78, 5) is 38.5. The number of carbonyl (C=O) groups excluding carboxylic acids is 3. The molecule has 1 heterocycles. The quantitative estimate of drug-likeness (QED) is 0.247. The van der Waals surface area contributed by atoms with Crippen LogP contribution in [0.2, 0.25) is 10.0 Å². The van der Waals surface area contributed by atoms with Gasteiger partial charge in [0.25, 0.3) is 11.8 Å². The van der Waals surface area contributed by atoms with Crippen molar-refractivity contribution in [2.45, 2.75) is 4.90 Å². The summed E-state index contributed by atoms with van der Waals surface area (Å²) in [5.41, 5.74) is 0.160. The van der Waals surface area contributed by atoms with Gasteiger partial charge in [0, 0.05) is 0 Å². The smallest absolute Gasteiger partial charge is 0.339 e. The summed E-state index contributed by atoms with van der Waals surface area (Å²) >= 11 is 15.1. The van der Waals surface area contributed by atoms with Crippen molar-refractivity contribution in [1.82, 2.24) is 5.32 Å². The number of carbonyl (C=O) groups is 3. The minimum atomic E-state index is -4.07. The number of imide groups is 2. The van der Waals surface area contributed by atoms with Gasteiger partial charge >= 0.3 is 16.1 Å². The highest BCUT2D eigenvalue weighted by molar-refractivity contribution is 9.10. The van der Waals surface area contributed by atoms with Crippen LogP contribution in [0.1, 0.15) is 5.56 Å². The van der Waals surface area contributed by atoms with Crippen LogP contribution in [-0.4, -0.2) is 26.3 Å². The van der Waals surface area contributed by atoms with E-state index in [1.54, 1.807) is 18.2 Å². The van der Waals surface area contributed by atoms with Crippen molar-refractivity contribution in [3.8, 4) is 5.75 Å². The van der Waals surface area contributed by atoms with Gasteiger partial charge in [0.05, 0.1) is 20.2 Å². The zero-order valence-corrected chi connectivity index (χ0v) is 21.3. The topological polar surface area (TPSA) is 110 Å². The van der Waals surface area contributed by atoms with E-state index in [2.05, 4.69) is 21.2 Å². The number of urea groups is 1. The van der Waals surface area contributed by atoms with Crippen LogP contribution in [0.25, 0.3) is 6.08 Å². The van der Waals surface area contributed by atoms with Gasteiger partial charge in [0.2, 0.25) is 0 Å². The second-order valence-electron chi connectivity index (χ2n) is 7.10. The fraction of sp³-hybridized carbons (Fsp3) is 0. The molecular formula is C23H13BrCl2N2O6S. The van der Waals surface area contributed by atoms with E-state index in [9.17, 15) is 22.8 Å². The molecule has 0 unspecified atom stereocenters. The molecule has 1 saturated heterocycles. The third-order valence-electron chi connectivity index (χ3n) is 4.76. The number of nitrogens with zero attached hydrogens (tertiary/aromatic N) is 1. The highest BCUT2D eigenvalue weighted by Crippen LogP contribution is 2.32. The second kappa shape index (κ2) is 9.82. The maximum atomic E-state index is 13.0. The van der Waals surface area contributed by atoms with E-state index in [1.165, 1.54) is 54.6 Å². The predicted octanol–water partition coefficient (Wildman–Crippen LogP) is 5.19. The Morgan fingerprint density at radius 3 is 2.29 bits per heavy atom. The van der Waals surface area contributed by atoms with E-state index >= 15 is 0 Å². The Bertz CT molecular complexity index is 1510. The summed E-state index contributed by atoms with van der Waals surface area (Å²) in [7, 11) is -4.07. The molecule has 1 N–H and O–H groups in total. The van der Waals surface area contributed by atoms with Crippen molar-refractivity contribution in [3.63, 3.8) is 0 Å². The Balaban J connectivity index is 1.63. The molecule has 1 fully saturated rings. The lowest BCUT2D eigenvalue weighted by Crippen LogP contribution is -2.54. The largest absolute Gasteiger partial charge is 0.378 e. The Morgan fingerprint density at radius 1 is 0.914 bits per heavy atom. The van der Waals surface area contributed by atoms with E-state index in [-0.39, 0.29) is 36.4 Å². The summed E-state index contributed by atoms with van der Waals surface area (Å²) in [6.07, 6.45) is 1.26. The van der Waals surface area contributed by atoms with E-state index < -0.39 is 28.0 Å². The highest BCUT2D eigenvalue weighted by Gasteiger charge is 2.37. The van der Waals surface area contributed by atoms with Crippen molar-refractivity contribution in [1.29, 1.82) is 0 Å². The first-order valence-electron chi connectivity index (χ1n) is 9.72. The summed E-state index contributed by atoms with van der Waals surface area (Å²) in [6.45, 7) is 0.